The smallest absolute Gasteiger partial charge is 0.248 e. The van der Waals surface area contributed by atoms with E-state index in [4.69, 9.17) is 23.1 Å². The molecule has 0 spiro atoms. The summed E-state index contributed by atoms with van der Waals surface area (Å²) in [6.45, 7) is 0. The Balaban J connectivity index is 2.25. The molecule has 4 nitrogen and oxygen atoms in total. The number of primary amides is 1. The number of amides is 1. The van der Waals surface area contributed by atoms with Crippen LogP contribution < -0.4 is 11.5 Å². The molecule has 1 atom stereocenters. The number of benzene rings is 2. The van der Waals surface area contributed by atoms with E-state index in [1.807, 2.05) is 0 Å². The number of nitrogens with two attached hydrogens (primary N) is 2. The van der Waals surface area contributed by atoms with E-state index in [0.29, 0.717) is 9.92 Å². The van der Waals surface area contributed by atoms with Gasteiger partial charge in [0.2, 0.25) is 5.91 Å². The molecule has 1 amide bonds. The third-order valence-electron chi connectivity index (χ3n) is 2.84. The Kier molecular flexibility index (Phi) is 4.59. The zero-order valence-corrected chi connectivity index (χ0v) is 12.4. The minimum absolute atomic E-state index is 0.0588. The molecular formula is C14H12ClFN2O2S. The average molecular weight is 327 g/mol. The second-order valence-corrected chi connectivity index (χ2v) is 6.20. The van der Waals surface area contributed by atoms with Crippen molar-refractivity contribution in [1.29, 1.82) is 0 Å². The van der Waals surface area contributed by atoms with Crippen molar-refractivity contribution in [1.82, 2.24) is 0 Å². The van der Waals surface area contributed by atoms with Crippen molar-refractivity contribution in [2.24, 2.45) is 5.73 Å². The molecule has 2 rings (SSSR count). The first kappa shape index (κ1) is 15.5. The van der Waals surface area contributed by atoms with Crippen LogP contribution in [0.2, 0.25) is 5.02 Å². The van der Waals surface area contributed by atoms with Gasteiger partial charge in [-0.15, -0.1) is 0 Å². The first-order chi connectivity index (χ1) is 9.88. The van der Waals surface area contributed by atoms with Gasteiger partial charge in [0.15, 0.2) is 0 Å². The molecule has 0 aliphatic rings. The Morgan fingerprint density at radius 3 is 2.52 bits per heavy atom. The van der Waals surface area contributed by atoms with Crippen LogP contribution in [0.3, 0.4) is 0 Å². The number of nitrogen functional groups attached to an aromatic ring is 1. The van der Waals surface area contributed by atoms with Gasteiger partial charge < -0.3 is 11.5 Å². The summed E-state index contributed by atoms with van der Waals surface area (Å²) in [5.74, 6) is -1.41. The molecule has 1 unspecified atom stereocenters. The molecule has 2 aromatic rings. The zero-order valence-electron chi connectivity index (χ0n) is 10.8. The van der Waals surface area contributed by atoms with Crippen molar-refractivity contribution in [3.63, 3.8) is 0 Å². The van der Waals surface area contributed by atoms with Crippen molar-refractivity contribution in [2.45, 2.75) is 10.6 Å². The lowest BCUT2D eigenvalue weighted by Crippen LogP contribution is -2.12. The topological polar surface area (TPSA) is 86.2 Å². The second kappa shape index (κ2) is 6.24. The third-order valence-corrected chi connectivity index (χ3v) is 4.51. The van der Waals surface area contributed by atoms with E-state index in [9.17, 15) is 13.4 Å². The summed E-state index contributed by atoms with van der Waals surface area (Å²) in [6, 6.07) is 8.41. The Morgan fingerprint density at radius 2 is 1.95 bits per heavy atom. The average Bonchev–Trinajstić information content (AvgIpc) is 2.40. The summed E-state index contributed by atoms with van der Waals surface area (Å²) in [5, 5.41) is 0.435. The van der Waals surface area contributed by atoms with Crippen LogP contribution in [0.15, 0.2) is 41.3 Å². The summed E-state index contributed by atoms with van der Waals surface area (Å²) in [4.78, 5) is 11.3. The van der Waals surface area contributed by atoms with Crippen LogP contribution in [0.25, 0.3) is 0 Å². The fourth-order valence-electron chi connectivity index (χ4n) is 1.76. The lowest BCUT2D eigenvalue weighted by Gasteiger charge is -2.08. The number of carbonyl (C=O) groups excluding carboxylic acids is 1. The molecule has 0 fully saturated rings. The van der Waals surface area contributed by atoms with Gasteiger partial charge >= 0.3 is 0 Å². The van der Waals surface area contributed by atoms with E-state index in [-0.39, 0.29) is 22.6 Å². The van der Waals surface area contributed by atoms with Gasteiger partial charge in [0, 0.05) is 21.8 Å². The normalized spacial score (nSPS) is 12.1. The molecule has 0 aliphatic carbocycles. The fraction of sp³-hybridized carbons (Fsp3) is 0.0714. The standard InChI is InChI=1S/C14H12ClFN2O2S/c15-10-3-4-13(12(17)6-10)21(20)7-9-2-1-8(14(18)19)5-11(9)16/h1-6H,7,17H2,(H2,18,19). The minimum Gasteiger partial charge on any atom is -0.398 e. The van der Waals surface area contributed by atoms with Gasteiger partial charge in [-0.3, -0.25) is 9.00 Å². The monoisotopic (exact) mass is 326 g/mol. The summed E-state index contributed by atoms with van der Waals surface area (Å²) < 4.78 is 26.1. The van der Waals surface area contributed by atoms with E-state index in [2.05, 4.69) is 0 Å². The molecule has 0 radical (unpaired) electrons. The number of hydrogen-bond acceptors (Lipinski definition) is 3. The van der Waals surface area contributed by atoms with Crippen molar-refractivity contribution < 1.29 is 13.4 Å². The minimum atomic E-state index is -1.52. The highest BCUT2D eigenvalue weighted by molar-refractivity contribution is 7.84. The van der Waals surface area contributed by atoms with Crippen molar-refractivity contribution in [3.05, 3.63) is 58.4 Å². The zero-order chi connectivity index (χ0) is 15.6. The van der Waals surface area contributed by atoms with Gasteiger partial charge in [0.05, 0.1) is 21.4 Å². The Morgan fingerprint density at radius 1 is 1.24 bits per heavy atom. The highest BCUT2D eigenvalue weighted by Gasteiger charge is 2.13. The maximum Gasteiger partial charge on any atom is 0.248 e. The second-order valence-electron chi connectivity index (χ2n) is 4.34. The highest BCUT2D eigenvalue weighted by atomic mass is 35.5. The van der Waals surface area contributed by atoms with Crippen LogP contribution in [0.4, 0.5) is 10.1 Å². The fourth-order valence-corrected chi connectivity index (χ4v) is 3.16. The lowest BCUT2D eigenvalue weighted by atomic mass is 10.1. The summed E-state index contributed by atoms with van der Waals surface area (Å²) in [7, 11) is -1.52. The number of carbonyl (C=O) groups is 1. The van der Waals surface area contributed by atoms with Crippen molar-refractivity contribution in [3.8, 4) is 0 Å². The lowest BCUT2D eigenvalue weighted by molar-refractivity contribution is 0.1000. The number of hydrogen-bond donors (Lipinski definition) is 2. The predicted octanol–water partition coefficient (Wildman–Crippen LogP) is 2.47. The summed E-state index contributed by atoms with van der Waals surface area (Å²) in [6.07, 6.45) is 0. The summed E-state index contributed by atoms with van der Waals surface area (Å²) >= 11 is 5.77. The maximum absolute atomic E-state index is 13.9. The van der Waals surface area contributed by atoms with Crippen LogP contribution >= 0.6 is 11.6 Å². The van der Waals surface area contributed by atoms with E-state index in [0.717, 1.165) is 6.07 Å². The van der Waals surface area contributed by atoms with Crippen LogP contribution in [0, 0.1) is 5.82 Å². The molecule has 0 heterocycles. The van der Waals surface area contributed by atoms with Gasteiger partial charge in [-0.05, 0) is 30.3 Å². The first-order valence-electron chi connectivity index (χ1n) is 5.90. The Labute approximate surface area is 128 Å². The van der Waals surface area contributed by atoms with Gasteiger partial charge in [-0.1, -0.05) is 17.7 Å². The Hall–Kier alpha value is -1.92. The molecule has 4 N–H and O–H groups in total. The van der Waals surface area contributed by atoms with E-state index < -0.39 is 22.5 Å². The van der Waals surface area contributed by atoms with Crippen molar-refractivity contribution >= 4 is 34.0 Å². The van der Waals surface area contributed by atoms with Crippen LogP contribution in [0.5, 0.6) is 0 Å². The highest BCUT2D eigenvalue weighted by Crippen LogP contribution is 2.24. The number of halogens is 2. The molecule has 0 aromatic heterocycles. The molecule has 0 bridgehead atoms. The predicted molar refractivity (Wildman–Crippen MR) is 80.9 cm³/mol. The molecule has 0 aliphatic heterocycles. The molecule has 0 saturated carbocycles. The van der Waals surface area contributed by atoms with E-state index in [1.165, 1.54) is 18.2 Å². The van der Waals surface area contributed by atoms with E-state index >= 15 is 0 Å². The maximum atomic E-state index is 13.9. The molecule has 7 heteroatoms. The number of rotatable bonds is 4. The third kappa shape index (κ3) is 3.59. The van der Waals surface area contributed by atoms with Gasteiger partial charge in [-0.2, -0.15) is 0 Å². The summed E-state index contributed by atoms with van der Waals surface area (Å²) in [5.41, 5.74) is 11.4. The van der Waals surface area contributed by atoms with Crippen LogP contribution in [0.1, 0.15) is 15.9 Å². The largest absolute Gasteiger partial charge is 0.398 e. The van der Waals surface area contributed by atoms with E-state index in [1.54, 1.807) is 12.1 Å². The molecule has 2 aromatic carbocycles. The quantitative estimate of drug-likeness (QED) is 0.846. The number of anilines is 1. The molecule has 110 valence electrons. The van der Waals surface area contributed by atoms with Gasteiger partial charge in [0.25, 0.3) is 0 Å². The molecule has 21 heavy (non-hydrogen) atoms. The first-order valence-corrected chi connectivity index (χ1v) is 7.60. The van der Waals surface area contributed by atoms with Crippen LogP contribution in [-0.2, 0) is 16.6 Å². The molecule has 0 saturated heterocycles. The van der Waals surface area contributed by atoms with Crippen molar-refractivity contribution in [2.75, 3.05) is 5.73 Å². The van der Waals surface area contributed by atoms with Crippen LogP contribution in [-0.4, -0.2) is 10.1 Å². The van der Waals surface area contributed by atoms with Gasteiger partial charge in [-0.25, -0.2) is 4.39 Å². The molecular weight excluding hydrogens is 315 g/mol. The SMILES string of the molecule is NC(=O)c1ccc(CS(=O)c2ccc(Cl)cc2N)c(F)c1. The van der Waals surface area contributed by atoms with Gasteiger partial charge in [0.1, 0.15) is 5.82 Å². The Bertz CT molecular complexity index is 737.